The molecule has 5 nitrogen and oxygen atoms in total. The van der Waals surface area contributed by atoms with Crippen LogP contribution in [0.25, 0.3) is 0 Å². The van der Waals surface area contributed by atoms with Gasteiger partial charge in [-0.2, -0.15) is 0 Å². The van der Waals surface area contributed by atoms with E-state index >= 15 is 0 Å². The second-order valence-electron chi connectivity index (χ2n) is 7.41. The first-order valence-corrected chi connectivity index (χ1v) is 10.0. The van der Waals surface area contributed by atoms with Crippen molar-refractivity contribution in [1.82, 2.24) is 9.80 Å². The molecule has 1 aliphatic heterocycles. The Morgan fingerprint density at radius 1 is 0.893 bits per heavy atom. The zero-order valence-corrected chi connectivity index (χ0v) is 16.6. The van der Waals surface area contributed by atoms with Crippen molar-refractivity contribution in [3.05, 3.63) is 65.7 Å². The van der Waals surface area contributed by atoms with E-state index in [1.165, 1.54) is 5.56 Å². The first-order valence-electron chi connectivity index (χ1n) is 10.0. The minimum absolute atomic E-state index is 0.0196. The Morgan fingerprint density at radius 2 is 1.57 bits per heavy atom. The fourth-order valence-electron chi connectivity index (χ4n) is 3.37. The zero-order chi connectivity index (χ0) is 19.8. The van der Waals surface area contributed by atoms with Crippen LogP contribution in [-0.2, 0) is 11.2 Å². The van der Waals surface area contributed by atoms with E-state index in [-0.39, 0.29) is 11.8 Å². The number of carbonyl (C=O) groups is 2. The van der Waals surface area contributed by atoms with Gasteiger partial charge in [0.1, 0.15) is 0 Å². The van der Waals surface area contributed by atoms with E-state index in [0.717, 1.165) is 51.1 Å². The van der Waals surface area contributed by atoms with Crippen LogP contribution in [-0.4, -0.2) is 54.8 Å². The van der Waals surface area contributed by atoms with Crippen molar-refractivity contribution in [3.8, 4) is 0 Å². The standard InChI is InChI=1S/C23H29N3O2/c1-25-15-17-26(18-16-25)23(28)20-11-13-21(14-12-20)24-22(27)10-6-5-9-19-7-3-2-4-8-19/h2-4,7-8,11-14H,5-6,9-10,15-18H2,1H3,(H,24,27). The van der Waals surface area contributed by atoms with Gasteiger partial charge < -0.3 is 15.1 Å². The van der Waals surface area contributed by atoms with Gasteiger partial charge in [-0.1, -0.05) is 30.3 Å². The molecule has 2 aromatic carbocycles. The van der Waals surface area contributed by atoms with Crippen molar-refractivity contribution in [2.75, 3.05) is 38.5 Å². The molecule has 148 valence electrons. The highest BCUT2D eigenvalue weighted by molar-refractivity contribution is 5.95. The summed E-state index contributed by atoms with van der Waals surface area (Å²) in [6.45, 7) is 3.34. The Labute approximate surface area is 167 Å². The lowest BCUT2D eigenvalue weighted by molar-refractivity contribution is -0.116. The van der Waals surface area contributed by atoms with Crippen LogP contribution in [0.3, 0.4) is 0 Å². The summed E-state index contributed by atoms with van der Waals surface area (Å²) >= 11 is 0. The zero-order valence-electron chi connectivity index (χ0n) is 16.6. The lowest BCUT2D eigenvalue weighted by atomic mass is 10.1. The minimum Gasteiger partial charge on any atom is -0.336 e. The molecule has 0 saturated carbocycles. The van der Waals surface area contributed by atoms with Crippen LogP contribution in [0.1, 0.15) is 35.2 Å². The van der Waals surface area contributed by atoms with Crippen molar-refractivity contribution < 1.29 is 9.59 Å². The third kappa shape index (κ3) is 5.92. The number of amides is 2. The number of unbranched alkanes of at least 4 members (excludes halogenated alkanes) is 1. The van der Waals surface area contributed by atoms with Gasteiger partial charge in [-0.25, -0.2) is 0 Å². The molecule has 0 bridgehead atoms. The summed E-state index contributed by atoms with van der Waals surface area (Å²) in [5, 5.41) is 2.92. The van der Waals surface area contributed by atoms with E-state index in [4.69, 9.17) is 0 Å². The molecule has 2 aromatic rings. The molecule has 5 heteroatoms. The van der Waals surface area contributed by atoms with Gasteiger partial charge in [-0.15, -0.1) is 0 Å². The monoisotopic (exact) mass is 379 g/mol. The van der Waals surface area contributed by atoms with Crippen LogP contribution < -0.4 is 5.32 Å². The largest absolute Gasteiger partial charge is 0.336 e. The van der Waals surface area contributed by atoms with Gasteiger partial charge in [0.25, 0.3) is 5.91 Å². The van der Waals surface area contributed by atoms with Crippen molar-refractivity contribution in [2.24, 2.45) is 0 Å². The third-order valence-corrected chi connectivity index (χ3v) is 5.17. The molecule has 2 amide bonds. The Kier molecular flexibility index (Phi) is 7.20. The first-order chi connectivity index (χ1) is 13.6. The van der Waals surface area contributed by atoms with Crippen LogP contribution in [0.5, 0.6) is 0 Å². The number of anilines is 1. The molecule has 1 heterocycles. The van der Waals surface area contributed by atoms with Crippen LogP contribution in [0.4, 0.5) is 5.69 Å². The molecule has 1 aliphatic rings. The summed E-state index contributed by atoms with van der Waals surface area (Å²) in [6, 6.07) is 17.5. The minimum atomic E-state index is 0.0196. The molecule has 0 atom stereocenters. The molecular formula is C23H29N3O2. The molecule has 0 unspecified atom stereocenters. The van der Waals surface area contributed by atoms with Crippen molar-refractivity contribution in [3.63, 3.8) is 0 Å². The SMILES string of the molecule is CN1CCN(C(=O)c2ccc(NC(=O)CCCCc3ccccc3)cc2)CC1. The summed E-state index contributed by atoms with van der Waals surface area (Å²) < 4.78 is 0. The second kappa shape index (κ2) is 10.0. The molecule has 3 rings (SSSR count). The molecular weight excluding hydrogens is 350 g/mol. The molecule has 0 aromatic heterocycles. The number of nitrogens with one attached hydrogen (secondary N) is 1. The highest BCUT2D eigenvalue weighted by Crippen LogP contribution is 2.14. The number of benzene rings is 2. The van der Waals surface area contributed by atoms with Gasteiger partial charge in [0.2, 0.25) is 5.91 Å². The maximum absolute atomic E-state index is 12.6. The van der Waals surface area contributed by atoms with E-state index in [1.54, 1.807) is 12.1 Å². The molecule has 0 radical (unpaired) electrons. The van der Waals surface area contributed by atoms with Gasteiger partial charge in [-0.05, 0) is 56.1 Å². The number of likely N-dealkylation sites (N-methyl/N-ethyl adjacent to an activating group) is 1. The van der Waals surface area contributed by atoms with Crippen LogP contribution in [0, 0.1) is 0 Å². The number of piperazine rings is 1. The Balaban J connectivity index is 1.41. The number of aryl methyl sites for hydroxylation is 1. The number of hydrogen-bond donors (Lipinski definition) is 1. The van der Waals surface area contributed by atoms with Gasteiger partial charge in [0.05, 0.1) is 0 Å². The van der Waals surface area contributed by atoms with E-state index in [2.05, 4.69) is 29.4 Å². The highest BCUT2D eigenvalue weighted by atomic mass is 16.2. The maximum atomic E-state index is 12.6. The van der Waals surface area contributed by atoms with Crippen LogP contribution >= 0.6 is 0 Å². The normalized spacial score (nSPS) is 14.7. The lowest BCUT2D eigenvalue weighted by Crippen LogP contribution is -2.47. The van der Waals surface area contributed by atoms with Crippen molar-refractivity contribution >= 4 is 17.5 Å². The predicted octanol–water partition coefficient (Wildman–Crippen LogP) is 3.43. The van der Waals surface area contributed by atoms with Crippen molar-refractivity contribution in [2.45, 2.75) is 25.7 Å². The van der Waals surface area contributed by atoms with Crippen molar-refractivity contribution in [1.29, 1.82) is 0 Å². The van der Waals surface area contributed by atoms with Crippen LogP contribution in [0.2, 0.25) is 0 Å². The predicted molar refractivity (Wildman–Crippen MR) is 112 cm³/mol. The molecule has 28 heavy (non-hydrogen) atoms. The lowest BCUT2D eigenvalue weighted by Gasteiger charge is -2.32. The fraction of sp³-hybridized carbons (Fsp3) is 0.391. The van der Waals surface area contributed by atoms with Gasteiger partial charge >= 0.3 is 0 Å². The average Bonchev–Trinajstić information content (AvgIpc) is 2.73. The maximum Gasteiger partial charge on any atom is 0.253 e. The number of nitrogens with zero attached hydrogens (tertiary/aromatic N) is 2. The Morgan fingerprint density at radius 3 is 2.25 bits per heavy atom. The number of carbonyl (C=O) groups excluding carboxylic acids is 2. The fourth-order valence-corrected chi connectivity index (χ4v) is 3.37. The summed E-state index contributed by atoms with van der Waals surface area (Å²) in [6.07, 6.45) is 3.36. The van der Waals surface area contributed by atoms with Crippen LogP contribution in [0.15, 0.2) is 54.6 Å². The van der Waals surface area contributed by atoms with E-state index in [9.17, 15) is 9.59 Å². The topological polar surface area (TPSA) is 52.6 Å². The summed E-state index contributed by atoms with van der Waals surface area (Å²) in [5.41, 5.74) is 2.72. The highest BCUT2D eigenvalue weighted by Gasteiger charge is 2.20. The van der Waals surface area contributed by atoms with E-state index < -0.39 is 0 Å². The van der Waals surface area contributed by atoms with Gasteiger partial charge in [0.15, 0.2) is 0 Å². The Hall–Kier alpha value is -2.66. The van der Waals surface area contributed by atoms with E-state index in [0.29, 0.717) is 12.0 Å². The Bertz CT molecular complexity index is 766. The molecule has 1 fully saturated rings. The average molecular weight is 380 g/mol. The summed E-state index contributed by atoms with van der Waals surface area (Å²) in [4.78, 5) is 28.8. The van der Waals surface area contributed by atoms with E-state index in [1.807, 2.05) is 35.2 Å². The van der Waals surface area contributed by atoms with Gasteiger partial charge in [0, 0.05) is 43.9 Å². The summed E-state index contributed by atoms with van der Waals surface area (Å²) in [7, 11) is 2.07. The molecule has 1 N–H and O–H groups in total. The molecule has 1 saturated heterocycles. The smallest absolute Gasteiger partial charge is 0.253 e. The molecule has 0 aliphatic carbocycles. The first kappa shape index (κ1) is 20.1. The quantitative estimate of drug-likeness (QED) is 0.750. The number of hydrogen-bond acceptors (Lipinski definition) is 3. The molecule has 0 spiro atoms. The summed E-state index contributed by atoms with van der Waals surface area (Å²) in [5.74, 6) is 0.0816. The third-order valence-electron chi connectivity index (χ3n) is 5.17. The second-order valence-corrected chi connectivity index (χ2v) is 7.41. The number of rotatable bonds is 7. The van der Waals surface area contributed by atoms with Gasteiger partial charge in [-0.3, -0.25) is 9.59 Å².